The van der Waals surface area contributed by atoms with Crippen molar-refractivity contribution in [2.24, 2.45) is 0 Å². The Morgan fingerprint density at radius 3 is 3.07 bits per heavy atom. The predicted molar refractivity (Wildman–Crippen MR) is 60.4 cm³/mol. The number of fused-ring (bicyclic) bond motifs is 1. The van der Waals surface area contributed by atoms with Gasteiger partial charge in [-0.05, 0) is 18.2 Å². The number of H-pyrrole nitrogens is 1. The summed E-state index contributed by atoms with van der Waals surface area (Å²) in [5, 5.41) is 10.0. The summed E-state index contributed by atoms with van der Waals surface area (Å²) in [4.78, 5) is 3.07. The summed E-state index contributed by atoms with van der Waals surface area (Å²) in [6.45, 7) is 0. The van der Waals surface area contributed by atoms with Crippen LogP contribution in [-0.2, 0) is 0 Å². The molecule has 0 saturated heterocycles. The maximum absolute atomic E-state index is 8.36. The minimum Gasteiger partial charge on any atom is -0.361 e. The summed E-state index contributed by atoms with van der Waals surface area (Å²) >= 11 is 6.03. The standard InChI is InChI=1S/C12H7ClN2/c13-11-8-12-10(4-6-15-12)7-9(11)3-1-2-5-14/h4,6-8,15H,2H2. The molecule has 0 atom stereocenters. The summed E-state index contributed by atoms with van der Waals surface area (Å²) < 4.78 is 0. The number of rotatable bonds is 0. The molecule has 0 fully saturated rings. The van der Waals surface area contributed by atoms with E-state index in [1.54, 1.807) is 0 Å². The monoisotopic (exact) mass is 214 g/mol. The summed E-state index contributed by atoms with van der Waals surface area (Å²) in [5.41, 5.74) is 1.75. The SMILES string of the molecule is N#CCC#Cc1cc2cc[nH]c2cc1Cl. The molecule has 0 aliphatic rings. The molecule has 1 aromatic heterocycles. The summed E-state index contributed by atoms with van der Waals surface area (Å²) in [6, 6.07) is 7.68. The van der Waals surface area contributed by atoms with Gasteiger partial charge >= 0.3 is 0 Å². The highest BCUT2D eigenvalue weighted by atomic mass is 35.5. The molecule has 0 amide bonds. The van der Waals surface area contributed by atoms with Crippen molar-refractivity contribution in [3.63, 3.8) is 0 Å². The molecule has 0 spiro atoms. The second-order valence-corrected chi connectivity index (χ2v) is 3.44. The first-order valence-electron chi connectivity index (χ1n) is 4.44. The molecule has 2 nitrogen and oxygen atoms in total. The van der Waals surface area contributed by atoms with Crippen LogP contribution in [0.1, 0.15) is 12.0 Å². The van der Waals surface area contributed by atoms with Crippen LogP contribution in [0.15, 0.2) is 24.4 Å². The van der Waals surface area contributed by atoms with Gasteiger partial charge in [0.2, 0.25) is 0 Å². The van der Waals surface area contributed by atoms with Gasteiger partial charge < -0.3 is 4.98 Å². The maximum atomic E-state index is 8.36. The molecule has 1 N–H and O–H groups in total. The highest BCUT2D eigenvalue weighted by Gasteiger charge is 2.00. The lowest BCUT2D eigenvalue weighted by atomic mass is 10.1. The largest absolute Gasteiger partial charge is 0.361 e. The third kappa shape index (κ3) is 1.96. The Kier molecular flexibility index (Phi) is 2.63. The van der Waals surface area contributed by atoms with E-state index in [4.69, 9.17) is 16.9 Å². The van der Waals surface area contributed by atoms with Gasteiger partial charge in [-0.25, -0.2) is 0 Å². The molecule has 0 unspecified atom stereocenters. The number of aromatic nitrogens is 1. The van der Waals surface area contributed by atoms with Gasteiger partial charge in [0.15, 0.2) is 0 Å². The summed E-state index contributed by atoms with van der Waals surface area (Å²) in [7, 11) is 0. The molecular weight excluding hydrogens is 208 g/mol. The molecule has 1 heterocycles. The molecule has 72 valence electrons. The van der Waals surface area contributed by atoms with E-state index in [0.29, 0.717) is 5.02 Å². The summed E-state index contributed by atoms with van der Waals surface area (Å²) in [6.07, 6.45) is 2.08. The number of hydrogen-bond donors (Lipinski definition) is 1. The number of benzene rings is 1. The normalized spacial score (nSPS) is 9.33. The topological polar surface area (TPSA) is 39.6 Å². The third-order valence-electron chi connectivity index (χ3n) is 2.03. The molecule has 0 aliphatic heterocycles. The Morgan fingerprint density at radius 2 is 2.27 bits per heavy atom. The highest BCUT2D eigenvalue weighted by molar-refractivity contribution is 6.32. The number of nitrogens with zero attached hydrogens (tertiary/aromatic N) is 1. The zero-order valence-electron chi connectivity index (χ0n) is 7.84. The first kappa shape index (κ1) is 9.65. The Labute approximate surface area is 92.5 Å². The van der Waals surface area contributed by atoms with Crippen LogP contribution in [-0.4, -0.2) is 4.98 Å². The Morgan fingerprint density at radius 1 is 1.40 bits per heavy atom. The lowest BCUT2D eigenvalue weighted by Crippen LogP contribution is -1.78. The zero-order chi connectivity index (χ0) is 10.7. The van der Waals surface area contributed by atoms with Crippen LogP contribution >= 0.6 is 11.6 Å². The molecule has 2 rings (SSSR count). The molecule has 0 bridgehead atoms. The Bertz CT molecular complexity index is 593. The van der Waals surface area contributed by atoms with Crippen LogP contribution in [0.2, 0.25) is 5.02 Å². The average molecular weight is 215 g/mol. The van der Waals surface area contributed by atoms with Crippen LogP contribution < -0.4 is 0 Å². The van der Waals surface area contributed by atoms with Crippen molar-refractivity contribution >= 4 is 22.5 Å². The number of nitrogens with one attached hydrogen (secondary N) is 1. The molecule has 2 aromatic rings. The fourth-order valence-electron chi connectivity index (χ4n) is 1.35. The fraction of sp³-hybridized carbons (Fsp3) is 0.0833. The highest BCUT2D eigenvalue weighted by Crippen LogP contribution is 2.22. The fourth-order valence-corrected chi connectivity index (χ4v) is 1.56. The molecule has 0 saturated carbocycles. The molecule has 15 heavy (non-hydrogen) atoms. The second-order valence-electron chi connectivity index (χ2n) is 3.03. The van der Waals surface area contributed by atoms with Gasteiger partial charge in [-0.2, -0.15) is 5.26 Å². The van der Waals surface area contributed by atoms with E-state index in [2.05, 4.69) is 16.8 Å². The quantitative estimate of drug-likeness (QED) is 0.673. The van der Waals surface area contributed by atoms with E-state index in [9.17, 15) is 0 Å². The van der Waals surface area contributed by atoms with E-state index in [1.807, 2.05) is 30.5 Å². The zero-order valence-corrected chi connectivity index (χ0v) is 8.60. The Balaban J connectivity index is 2.48. The van der Waals surface area contributed by atoms with E-state index < -0.39 is 0 Å². The van der Waals surface area contributed by atoms with E-state index in [1.165, 1.54) is 0 Å². The number of aromatic amines is 1. The number of nitriles is 1. The van der Waals surface area contributed by atoms with Crippen molar-refractivity contribution < 1.29 is 0 Å². The van der Waals surface area contributed by atoms with Crippen molar-refractivity contribution in [3.05, 3.63) is 35.0 Å². The maximum Gasteiger partial charge on any atom is 0.0966 e. The first-order valence-corrected chi connectivity index (χ1v) is 4.81. The molecule has 0 radical (unpaired) electrons. The van der Waals surface area contributed by atoms with Crippen LogP contribution in [0.5, 0.6) is 0 Å². The van der Waals surface area contributed by atoms with Crippen molar-refractivity contribution in [2.75, 3.05) is 0 Å². The van der Waals surface area contributed by atoms with Gasteiger partial charge in [0, 0.05) is 22.7 Å². The van der Waals surface area contributed by atoms with Gasteiger partial charge in [-0.1, -0.05) is 23.4 Å². The summed E-state index contributed by atoms with van der Waals surface area (Å²) in [5.74, 6) is 5.62. The van der Waals surface area contributed by atoms with Crippen molar-refractivity contribution in [3.8, 4) is 17.9 Å². The van der Waals surface area contributed by atoms with Crippen LogP contribution in [0.25, 0.3) is 10.9 Å². The van der Waals surface area contributed by atoms with Gasteiger partial charge in [0.1, 0.15) is 0 Å². The second kappa shape index (κ2) is 4.09. The van der Waals surface area contributed by atoms with Crippen molar-refractivity contribution in [1.82, 2.24) is 4.98 Å². The van der Waals surface area contributed by atoms with E-state index >= 15 is 0 Å². The van der Waals surface area contributed by atoms with Crippen molar-refractivity contribution in [1.29, 1.82) is 5.26 Å². The lowest BCUT2D eigenvalue weighted by molar-refractivity contribution is 1.39. The minimum atomic E-state index is 0.224. The van der Waals surface area contributed by atoms with E-state index in [0.717, 1.165) is 16.5 Å². The first-order chi connectivity index (χ1) is 7.31. The lowest BCUT2D eigenvalue weighted by Gasteiger charge is -1.96. The van der Waals surface area contributed by atoms with E-state index in [-0.39, 0.29) is 6.42 Å². The third-order valence-corrected chi connectivity index (χ3v) is 2.34. The number of halogens is 1. The van der Waals surface area contributed by atoms with Gasteiger partial charge in [0.05, 0.1) is 17.5 Å². The smallest absolute Gasteiger partial charge is 0.0966 e. The van der Waals surface area contributed by atoms with Gasteiger partial charge in [-0.15, -0.1) is 0 Å². The molecule has 1 aromatic carbocycles. The van der Waals surface area contributed by atoms with Crippen LogP contribution in [0, 0.1) is 23.2 Å². The predicted octanol–water partition coefficient (Wildman–Crippen LogP) is 3.09. The average Bonchev–Trinajstić information content (AvgIpc) is 2.65. The number of hydrogen-bond acceptors (Lipinski definition) is 1. The minimum absolute atomic E-state index is 0.224. The molecular formula is C12H7ClN2. The molecule has 3 heteroatoms. The van der Waals surface area contributed by atoms with Gasteiger partial charge in [-0.3, -0.25) is 0 Å². The molecule has 0 aliphatic carbocycles. The van der Waals surface area contributed by atoms with Crippen molar-refractivity contribution in [2.45, 2.75) is 6.42 Å². The van der Waals surface area contributed by atoms with Gasteiger partial charge in [0.25, 0.3) is 0 Å². The van der Waals surface area contributed by atoms with Crippen LogP contribution in [0.4, 0.5) is 0 Å². The van der Waals surface area contributed by atoms with Crippen LogP contribution in [0.3, 0.4) is 0 Å². The Hall–Kier alpha value is -1.90.